The number of carbonyl (C=O) groups excluding carboxylic acids is 1. The molecule has 0 aliphatic carbocycles. The van der Waals surface area contributed by atoms with Gasteiger partial charge in [-0.15, -0.1) is 0 Å². The van der Waals surface area contributed by atoms with Gasteiger partial charge in [0.15, 0.2) is 0 Å². The van der Waals surface area contributed by atoms with E-state index < -0.39 is 4.92 Å². The van der Waals surface area contributed by atoms with Gasteiger partial charge in [0.2, 0.25) is 0 Å². The summed E-state index contributed by atoms with van der Waals surface area (Å²) in [5.74, 6) is 0.438. The lowest BCUT2D eigenvalue weighted by Crippen LogP contribution is -2.23. The largest absolute Gasteiger partial charge is 0.491 e. The van der Waals surface area contributed by atoms with Crippen molar-refractivity contribution in [3.63, 3.8) is 0 Å². The first-order chi connectivity index (χ1) is 11.4. The van der Waals surface area contributed by atoms with E-state index in [4.69, 9.17) is 4.74 Å². The Morgan fingerprint density at radius 1 is 1.21 bits per heavy atom. The van der Waals surface area contributed by atoms with Crippen LogP contribution in [-0.4, -0.2) is 16.9 Å². The molecule has 0 aromatic heterocycles. The number of benzene rings is 2. The number of nitro benzene ring substituents is 1. The Balaban J connectivity index is 2.03. The van der Waals surface area contributed by atoms with Crippen molar-refractivity contribution >= 4 is 11.6 Å². The highest BCUT2D eigenvalue weighted by atomic mass is 16.6. The predicted molar refractivity (Wildman–Crippen MR) is 91.2 cm³/mol. The number of carbonyl (C=O) groups is 1. The maximum absolute atomic E-state index is 12.3. The Morgan fingerprint density at radius 2 is 1.88 bits per heavy atom. The van der Waals surface area contributed by atoms with Crippen molar-refractivity contribution in [3.05, 3.63) is 69.3 Å². The van der Waals surface area contributed by atoms with Gasteiger partial charge >= 0.3 is 0 Å². The van der Waals surface area contributed by atoms with Gasteiger partial charge in [-0.3, -0.25) is 14.9 Å². The fraction of sp³-hybridized carbons (Fsp3) is 0.278. The van der Waals surface area contributed by atoms with Crippen molar-refractivity contribution in [2.24, 2.45) is 0 Å². The van der Waals surface area contributed by atoms with E-state index in [1.165, 1.54) is 12.1 Å². The number of hydrogen-bond acceptors (Lipinski definition) is 4. The molecule has 0 heterocycles. The topological polar surface area (TPSA) is 81.5 Å². The van der Waals surface area contributed by atoms with E-state index in [1.807, 2.05) is 38.1 Å². The third kappa shape index (κ3) is 4.32. The second-order valence-corrected chi connectivity index (χ2v) is 5.70. The SMILES string of the molecule is Cc1c(C(=O)NCc2ccc(OC(C)C)cc2)cccc1[N+](=O)[O-]. The highest BCUT2D eigenvalue weighted by Crippen LogP contribution is 2.21. The van der Waals surface area contributed by atoms with E-state index in [-0.39, 0.29) is 17.7 Å². The molecule has 2 rings (SSSR count). The van der Waals surface area contributed by atoms with Crippen LogP contribution in [-0.2, 0) is 6.54 Å². The Morgan fingerprint density at radius 3 is 2.46 bits per heavy atom. The minimum Gasteiger partial charge on any atom is -0.491 e. The second kappa shape index (κ2) is 7.59. The van der Waals surface area contributed by atoms with Gasteiger partial charge in [-0.2, -0.15) is 0 Å². The van der Waals surface area contributed by atoms with Crippen molar-refractivity contribution in [2.75, 3.05) is 0 Å². The first-order valence-electron chi connectivity index (χ1n) is 7.66. The fourth-order valence-corrected chi connectivity index (χ4v) is 2.30. The summed E-state index contributed by atoms with van der Waals surface area (Å²) in [5, 5.41) is 13.7. The molecule has 0 aliphatic rings. The smallest absolute Gasteiger partial charge is 0.273 e. The van der Waals surface area contributed by atoms with Crippen LogP contribution in [0.25, 0.3) is 0 Å². The molecule has 0 atom stereocenters. The summed E-state index contributed by atoms with van der Waals surface area (Å²) >= 11 is 0. The summed E-state index contributed by atoms with van der Waals surface area (Å²) in [4.78, 5) is 22.7. The van der Waals surface area contributed by atoms with Crippen LogP contribution in [0.4, 0.5) is 5.69 Å². The van der Waals surface area contributed by atoms with Crippen LogP contribution in [0.5, 0.6) is 5.75 Å². The third-order valence-electron chi connectivity index (χ3n) is 3.49. The first-order valence-corrected chi connectivity index (χ1v) is 7.66. The van der Waals surface area contributed by atoms with Gasteiger partial charge in [0, 0.05) is 23.7 Å². The van der Waals surface area contributed by atoms with Gasteiger partial charge in [-0.25, -0.2) is 0 Å². The van der Waals surface area contributed by atoms with Gasteiger partial charge in [-0.1, -0.05) is 18.2 Å². The molecule has 0 radical (unpaired) electrons. The highest BCUT2D eigenvalue weighted by Gasteiger charge is 2.17. The van der Waals surface area contributed by atoms with Crippen molar-refractivity contribution in [3.8, 4) is 5.75 Å². The number of hydrogen-bond donors (Lipinski definition) is 1. The summed E-state index contributed by atoms with van der Waals surface area (Å²) < 4.78 is 5.56. The normalized spacial score (nSPS) is 10.5. The highest BCUT2D eigenvalue weighted by molar-refractivity contribution is 5.96. The monoisotopic (exact) mass is 328 g/mol. The fourth-order valence-electron chi connectivity index (χ4n) is 2.30. The minimum absolute atomic E-state index is 0.0576. The van der Waals surface area contributed by atoms with E-state index in [0.717, 1.165) is 11.3 Å². The molecule has 0 spiro atoms. The molecule has 6 heteroatoms. The van der Waals surface area contributed by atoms with E-state index in [2.05, 4.69) is 5.32 Å². The summed E-state index contributed by atoms with van der Waals surface area (Å²) in [5.41, 5.74) is 1.53. The van der Waals surface area contributed by atoms with Gasteiger partial charge in [-0.05, 0) is 44.5 Å². The maximum atomic E-state index is 12.3. The van der Waals surface area contributed by atoms with Gasteiger partial charge in [0.25, 0.3) is 11.6 Å². The molecule has 0 saturated heterocycles. The molecule has 0 bridgehead atoms. The number of ether oxygens (including phenoxy) is 1. The van der Waals surface area contributed by atoms with Crippen LogP contribution in [0.1, 0.15) is 35.3 Å². The zero-order valence-corrected chi connectivity index (χ0v) is 13.9. The molecule has 1 amide bonds. The lowest BCUT2D eigenvalue weighted by atomic mass is 10.1. The van der Waals surface area contributed by atoms with Crippen molar-refractivity contribution in [2.45, 2.75) is 33.4 Å². The number of nitrogens with zero attached hydrogens (tertiary/aromatic N) is 1. The number of amides is 1. The number of rotatable bonds is 6. The zero-order chi connectivity index (χ0) is 17.7. The van der Waals surface area contributed by atoms with E-state index in [1.54, 1.807) is 13.0 Å². The predicted octanol–water partition coefficient (Wildman–Crippen LogP) is 3.62. The van der Waals surface area contributed by atoms with Crippen molar-refractivity contribution < 1.29 is 14.5 Å². The Labute approximate surface area is 140 Å². The minimum atomic E-state index is -0.487. The lowest BCUT2D eigenvalue weighted by molar-refractivity contribution is -0.385. The van der Waals surface area contributed by atoms with Gasteiger partial charge in [0.1, 0.15) is 5.75 Å². The molecule has 1 N–H and O–H groups in total. The number of nitro groups is 1. The van der Waals surface area contributed by atoms with Crippen LogP contribution in [0.3, 0.4) is 0 Å². The number of nitrogens with one attached hydrogen (secondary N) is 1. The summed E-state index contributed by atoms with van der Waals surface area (Å²) in [7, 11) is 0. The molecular formula is C18H20N2O4. The summed E-state index contributed by atoms with van der Waals surface area (Å²) in [6, 6.07) is 11.9. The first kappa shape index (κ1) is 17.5. The van der Waals surface area contributed by atoms with E-state index >= 15 is 0 Å². The molecule has 0 unspecified atom stereocenters. The summed E-state index contributed by atoms with van der Waals surface area (Å²) in [6.45, 7) is 5.82. The zero-order valence-electron chi connectivity index (χ0n) is 13.9. The lowest BCUT2D eigenvalue weighted by Gasteiger charge is -2.11. The molecule has 0 fully saturated rings. The second-order valence-electron chi connectivity index (χ2n) is 5.70. The molecule has 2 aromatic carbocycles. The Kier molecular flexibility index (Phi) is 5.52. The van der Waals surface area contributed by atoms with Crippen LogP contribution in [0.2, 0.25) is 0 Å². The standard InChI is InChI=1S/C18H20N2O4/c1-12(2)24-15-9-7-14(8-10-15)11-19-18(21)16-5-4-6-17(13(16)3)20(22)23/h4-10,12H,11H2,1-3H3,(H,19,21). The third-order valence-corrected chi connectivity index (χ3v) is 3.49. The average molecular weight is 328 g/mol. The van der Waals surface area contributed by atoms with Crippen molar-refractivity contribution in [1.29, 1.82) is 0 Å². The quantitative estimate of drug-likeness (QED) is 0.648. The van der Waals surface area contributed by atoms with Crippen molar-refractivity contribution in [1.82, 2.24) is 5.32 Å². The molecule has 2 aromatic rings. The van der Waals surface area contributed by atoms with Gasteiger partial charge in [0.05, 0.1) is 11.0 Å². The maximum Gasteiger partial charge on any atom is 0.273 e. The van der Waals surface area contributed by atoms with Crippen LogP contribution < -0.4 is 10.1 Å². The molecule has 6 nitrogen and oxygen atoms in total. The average Bonchev–Trinajstić information content (AvgIpc) is 2.53. The molecule has 126 valence electrons. The molecule has 0 saturated carbocycles. The van der Waals surface area contributed by atoms with Gasteiger partial charge < -0.3 is 10.1 Å². The van der Waals surface area contributed by atoms with Crippen LogP contribution in [0.15, 0.2) is 42.5 Å². The Hall–Kier alpha value is -2.89. The van der Waals surface area contributed by atoms with E-state index in [9.17, 15) is 14.9 Å². The Bertz CT molecular complexity index is 739. The molecular weight excluding hydrogens is 308 g/mol. The summed E-state index contributed by atoms with van der Waals surface area (Å²) in [6.07, 6.45) is 0.104. The van der Waals surface area contributed by atoms with E-state index in [0.29, 0.717) is 17.7 Å². The van der Waals surface area contributed by atoms with Crippen LogP contribution >= 0.6 is 0 Å². The molecule has 24 heavy (non-hydrogen) atoms. The van der Waals surface area contributed by atoms with Crippen LogP contribution in [0, 0.1) is 17.0 Å². The molecule has 0 aliphatic heterocycles.